The summed E-state index contributed by atoms with van der Waals surface area (Å²) in [6.07, 6.45) is -3.88. The van der Waals surface area contributed by atoms with Crippen molar-refractivity contribution in [3.05, 3.63) is 23.9 Å². The van der Waals surface area contributed by atoms with Gasteiger partial charge in [-0.05, 0) is 0 Å². The Balaban J connectivity index is 4.36. The van der Waals surface area contributed by atoms with Gasteiger partial charge in [0, 0.05) is 6.08 Å². The van der Waals surface area contributed by atoms with E-state index in [2.05, 4.69) is 22.9 Å². The average molecular weight is 201 g/mol. The van der Waals surface area contributed by atoms with Gasteiger partial charge in [0.15, 0.2) is 0 Å². The molecule has 6 heteroatoms. The van der Waals surface area contributed by atoms with Crippen LogP contribution < -0.4 is 0 Å². The highest BCUT2D eigenvalue weighted by Crippen LogP contribution is 2.28. The van der Waals surface area contributed by atoms with Crippen LogP contribution in [0.5, 0.6) is 0 Å². The molecule has 12 heavy (non-hydrogen) atoms. The predicted octanol–water partition coefficient (Wildman–Crippen LogP) is 2.36. The number of esters is 1. The molecular formula is C6H4ClF3O2. The molecule has 2 nitrogen and oxygen atoms in total. The predicted molar refractivity (Wildman–Crippen MR) is 36.3 cm³/mol. The Hall–Kier alpha value is -0.970. The number of hydrogen-bond donors (Lipinski definition) is 0. The molecule has 0 atom stereocenters. The van der Waals surface area contributed by atoms with Gasteiger partial charge < -0.3 is 4.74 Å². The Morgan fingerprint density at radius 2 is 2.00 bits per heavy atom. The maximum absolute atomic E-state index is 11.6. The first kappa shape index (κ1) is 11.0. The molecular weight excluding hydrogens is 197 g/mol. The van der Waals surface area contributed by atoms with Crippen molar-refractivity contribution in [3.8, 4) is 0 Å². The number of carbonyl (C=O) groups is 1. The Labute approximate surface area is 71.3 Å². The van der Waals surface area contributed by atoms with Crippen molar-refractivity contribution < 1.29 is 22.7 Å². The molecule has 0 saturated heterocycles. The minimum Gasteiger partial charge on any atom is -0.432 e. The lowest BCUT2D eigenvalue weighted by atomic mass is 10.5. The molecule has 0 aromatic heterocycles. The van der Waals surface area contributed by atoms with Crippen LogP contribution in [0.25, 0.3) is 0 Å². The Bertz CT molecular complexity index is 219. The molecule has 0 aliphatic heterocycles. The van der Waals surface area contributed by atoms with Gasteiger partial charge in [-0.3, -0.25) is 0 Å². The van der Waals surface area contributed by atoms with Crippen LogP contribution in [0, 0.1) is 0 Å². The second kappa shape index (κ2) is 4.15. The van der Waals surface area contributed by atoms with E-state index in [1.807, 2.05) is 0 Å². The topological polar surface area (TPSA) is 26.3 Å². The van der Waals surface area contributed by atoms with E-state index in [-0.39, 0.29) is 6.08 Å². The van der Waals surface area contributed by atoms with E-state index in [9.17, 15) is 18.0 Å². The van der Waals surface area contributed by atoms with Crippen molar-refractivity contribution in [1.82, 2.24) is 0 Å². The highest BCUT2D eigenvalue weighted by molar-refractivity contribution is 6.31. The molecule has 0 aliphatic rings. The van der Waals surface area contributed by atoms with Crippen LogP contribution in [-0.4, -0.2) is 12.1 Å². The van der Waals surface area contributed by atoms with Crippen molar-refractivity contribution in [3.63, 3.8) is 0 Å². The van der Waals surface area contributed by atoms with E-state index >= 15 is 0 Å². The molecule has 0 amide bonds. The molecule has 0 saturated carbocycles. The lowest BCUT2D eigenvalue weighted by Gasteiger charge is -2.02. The number of ether oxygens (including phenoxy) is 1. The van der Waals surface area contributed by atoms with Gasteiger partial charge in [-0.1, -0.05) is 18.2 Å². The van der Waals surface area contributed by atoms with Crippen LogP contribution in [0.4, 0.5) is 13.2 Å². The summed E-state index contributed by atoms with van der Waals surface area (Å²) in [5.41, 5.74) is 0. The highest BCUT2D eigenvalue weighted by Gasteiger charge is 2.33. The smallest absolute Gasteiger partial charge is 0.427 e. The van der Waals surface area contributed by atoms with E-state index in [1.54, 1.807) is 0 Å². The quantitative estimate of drug-likeness (QED) is 0.389. The van der Waals surface area contributed by atoms with Gasteiger partial charge in [0.1, 0.15) is 5.03 Å². The number of allylic oxidation sites excluding steroid dienone is 1. The molecule has 0 heterocycles. The van der Waals surface area contributed by atoms with Gasteiger partial charge >= 0.3 is 12.1 Å². The van der Waals surface area contributed by atoms with E-state index in [4.69, 9.17) is 0 Å². The number of halogens is 4. The summed E-state index contributed by atoms with van der Waals surface area (Å²) >= 11 is 4.69. The van der Waals surface area contributed by atoms with Gasteiger partial charge in [0.05, 0.1) is 6.26 Å². The van der Waals surface area contributed by atoms with Gasteiger partial charge in [-0.25, -0.2) is 4.79 Å². The molecule has 0 radical (unpaired) electrons. The summed E-state index contributed by atoms with van der Waals surface area (Å²) in [5, 5.41) is -1.53. The zero-order valence-electron chi connectivity index (χ0n) is 5.69. The first-order valence-electron chi connectivity index (χ1n) is 2.64. The fourth-order valence-corrected chi connectivity index (χ4v) is 0.391. The van der Waals surface area contributed by atoms with Crippen molar-refractivity contribution in [1.29, 1.82) is 0 Å². The minimum absolute atomic E-state index is 0.128. The number of rotatable bonds is 2. The molecule has 0 aromatic rings. The average Bonchev–Trinajstić information content (AvgIpc) is 1.85. The van der Waals surface area contributed by atoms with Crippen LogP contribution in [0.15, 0.2) is 23.9 Å². The molecule has 0 bridgehead atoms. The van der Waals surface area contributed by atoms with Crippen molar-refractivity contribution >= 4 is 17.6 Å². The first-order valence-corrected chi connectivity index (χ1v) is 3.01. The number of hydrogen-bond acceptors (Lipinski definition) is 2. The lowest BCUT2D eigenvalue weighted by Crippen LogP contribution is -2.09. The molecule has 68 valence electrons. The summed E-state index contributed by atoms with van der Waals surface area (Å²) in [6.45, 7) is 2.97. The first-order chi connectivity index (χ1) is 5.38. The van der Waals surface area contributed by atoms with Crippen LogP contribution >= 0.6 is 11.6 Å². The third-order valence-electron chi connectivity index (χ3n) is 0.715. The Morgan fingerprint density at radius 3 is 2.33 bits per heavy atom. The fourth-order valence-electron chi connectivity index (χ4n) is 0.301. The third-order valence-corrected chi connectivity index (χ3v) is 1.04. The second-order valence-corrected chi connectivity index (χ2v) is 2.00. The lowest BCUT2D eigenvalue weighted by molar-refractivity contribution is -0.133. The van der Waals surface area contributed by atoms with Gasteiger partial charge in [0.25, 0.3) is 0 Å². The number of carbonyl (C=O) groups excluding carboxylic acids is 1. The highest BCUT2D eigenvalue weighted by atomic mass is 35.5. The van der Waals surface area contributed by atoms with E-state index < -0.39 is 17.2 Å². The van der Waals surface area contributed by atoms with Crippen LogP contribution in [0.2, 0.25) is 0 Å². The molecule has 0 N–H and O–H groups in total. The summed E-state index contributed by atoms with van der Waals surface area (Å²) in [5.74, 6) is -1.22. The maximum atomic E-state index is 11.6. The van der Waals surface area contributed by atoms with E-state index in [0.29, 0.717) is 6.26 Å². The third kappa shape index (κ3) is 4.02. The van der Waals surface area contributed by atoms with Crippen LogP contribution in [0.3, 0.4) is 0 Å². The van der Waals surface area contributed by atoms with Crippen LogP contribution in [0.1, 0.15) is 0 Å². The molecule has 0 aliphatic carbocycles. The molecule has 0 aromatic carbocycles. The molecule has 0 spiro atoms. The SMILES string of the molecule is C=COC(=O)C=C(Cl)C(F)(F)F. The molecule has 0 unspecified atom stereocenters. The maximum Gasteiger partial charge on any atom is 0.427 e. The number of alkyl halides is 3. The Kier molecular flexibility index (Phi) is 3.82. The summed E-state index contributed by atoms with van der Waals surface area (Å²) < 4.78 is 38.8. The van der Waals surface area contributed by atoms with Gasteiger partial charge in [-0.15, -0.1) is 0 Å². The fraction of sp³-hybridized carbons (Fsp3) is 0.167. The van der Waals surface area contributed by atoms with Crippen molar-refractivity contribution in [2.75, 3.05) is 0 Å². The monoisotopic (exact) mass is 200 g/mol. The van der Waals surface area contributed by atoms with Crippen molar-refractivity contribution in [2.45, 2.75) is 6.18 Å². The van der Waals surface area contributed by atoms with Crippen molar-refractivity contribution in [2.24, 2.45) is 0 Å². The normalized spacial score (nSPS) is 12.5. The van der Waals surface area contributed by atoms with E-state index in [0.717, 1.165) is 0 Å². The Morgan fingerprint density at radius 1 is 1.50 bits per heavy atom. The van der Waals surface area contributed by atoms with Gasteiger partial charge in [0.2, 0.25) is 0 Å². The van der Waals surface area contributed by atoms with Crippen LogP contribution in [-0.2, 0) is 9.53 Å². The standard InChI is InChI=1S/C6H4ClF3O2/c1-2-12-5(11)3-4(7)6(8,9)10/h2-3H,1H2. The largest absolute Gasteiger partial charge is 0.432 e. The summed E-state index contributed by atoms with van der Waals surface area (Å²) in [4.78, 5) is 10.3. The second-order valence-electron chi connectivity index (χ2n) is 1.59. The van der Waals surface area contributed by atoms with Gasteiger partial charge in [-0.2, -0.15) is 13.2 Å². The molecule has 0 rings (SSSR count). The molecule has 0 fully saturated rings. The zero-order chi connectivity index (χ0) is 9.78. The zero-order valence-corrected chi connectivity index (χ0v) is 6.45. The van der Waals surface area contributed by atoms with E-state index in [1.165, 1.54) is 0 Å². The summed E-state index contributed by atoms with van der Waals surface area (Å²) in [7, 11) is 0. The minimum atomic E-state index is -4.72. The summed E-state index contributed by atoms with van der Waals surface area (Å²) in [6, 6.07) is 0.